The van der Waals surface area contributed by atoms with E-state index >= 15 is 0 Å². The topological polar surface area (TPSA) is 116 Å². The molecule has 14 heavy (non-hydrogen) atoms. The Morgan fingerprint density at radius 2 is 1.21 bits per heavy atom. The van der Waals surface area contributed by atoms with Crippen molar-refractivity contribution >= 4 is 6.16 Å². The summed E-state index contributed by atoms with van der Waals surface area (Å²) in [6.45, 7) is 0. The molecular weight excluding hydrogens is 196 g/mol. The number of hydrogen-bond donors (Lipinski definition) is 4. The van der Waals surface area contributed by atoms with Crippen molar-refractivity contribution in [3.8, 4) is 0 Å². The monoisotopic (exact) mass is 206 g/mol. The van der Waals surface area contributed by atoms with E-state index in [1.165, 1.54) is 0 Å². The zero-order valence-electron chi connectivity index (χ0n) is 6.98. The quantitative estimate of drug-likeness (QED) is 0.320. The summed E-state index contributed by atoms with van der Waals surface area (Å²) in [6, 6.07) is 0. The van der Waals surface area contributed by atoms with Gasteiger partial charge in [-0.05, 0) is 0 Å². The molecule has 2 unspecified atom stereocenters. The minimum absolute atomic E-state index is 1.07. The summed E-state index contributed by atoms with van der Waals surface area (Å²) in [5, 5.41) is 37.4. The van der Waals surface area contributed by atoms with E-state index in [9.17, 15) is 25.2 Å². The first-order valence-corrected chi connectivity index (χ1v) is 4.12. The minimum Gasteiger partial charge on any atom is -0.425 e. The molecular formula is C7H10O7. The SMILES string of the molecule is O=C1O[C@@H]2C(O)[C@H](O1)[C@@H](O)C(O)[C@H]2O. The largest absolute Gasteiger partial charge is 0.509 e. The lowest BCUT2D eigenvalue weighted by Crippen LogP contribution is -2.68. The van der Waals surface area contributed by atoms with Crippen molar-refractivity contribution in [2.75, 3.05) is 0 Å². The first-order chi connectivity index (χ1) is 6.52. The van der Waals surface area contributed by atoms with E-state index in [1.807, 2.05) is 0 Å². The normalized spacial score (nSPS) is 52.1. The molecule has 7 heteroatoms. The molecule has 0 aromatic heterocycles. The minimum atomic E-state index is -1.51. The molecule has 80 valence electrons. The van der Waals surface area contributed by atoms with Crippen molar-refractivity contribution in [3.63, 3.8) is 0 Å². The molecule has 1 saturated heterocycles. The van der Waals surface area contributed by atoms with Crippen molar-refractivity contribution in [2.24, 2.45) is 0 Å². The van der Waals surface area contributed by atoms with Gasteiger partial charge in [0.1, 0.15) is 24.4 Å². The van der Waals surface area contributed by atoms with Gasteiger partial charge in [-0.3, -0.25) is 0 Å². The van der Waals surface area contributed by atoms with Crippen LogP contribution in [0.5, 0.6) is 0 Å². The van der Waals surface area contributed by atoms with Crippen LogP contribution in [0.1, 0.15) is 0 Å². The van der Waals surface area contributed by atoms with Crippen LogP contribution in [0.4, 0.5) is 4.79 Å². The average molecular weight is 206 g/mol. The van der Waals surface area contributed by atoms with Gasteiger partial charge < -0.3 is 29.9 Å². The zero-order valence-corrected chi connectivity index (χ0v) is 6.98. The number of fused-ring (bicyclic) bond motifs is 2. The van der Waals surface area contributed by atoms with E-state index in [0.717, 1.165) is 0 Å². The fourth-order valence-corrected chi connectivity index (χ4v) is 1.71. The van der Waals surface area contributed by atoms with Crippen LogP contribution in [0.15, 0.2) is 0 Å². The highest BCUT2D eigenvalue weighted by Gasteiger charge is 2.55. The van der Waals surface area contributed by atoms with Gasteiger partial charge in [-0.2, -0.15) is 0 Å². The predicted octanol–water partition coefficient (Wildman–Crippen LogP) is -2.65. The van der Waals surface area contributed by atoms with E-state index < -0.39 is 42.8 Å². The average Bonchev–Trinajstić information content (AvgIpc) is 2.16. The number of aliphatic hydroxyl groups excluding tert-OH is 4. The summed E-state index contributed by atoms with van der Waals surface area (Å²) < 4.78 is 8.94. The van der Waals surface area contributed by atoms with Gasteiger partial charge in [-0.25, -0.2) is 4.79 Å². The highest BCUT2D eigenvalue weighted by molar-refractivity contribution is 5.62. The maximum absolute atomic E-state index is 10.8. The number of carbonyl (C=O) groups is 1. The van der Waals surface area contributed by atoms with Crippen molar-refractivity contribution in [1.82, 2.24) is 0 Å². The van der Waals surface area contributed by atoms with Crippen LogP contribution in [0.2, 0.25) is 0 Å². The maximum Gasteiger partial charge on any atom is 0.509 e. The van der Waals surface area contributed by atoms with E-state index in [4.69, 9.17) is 0 Å². The third-order valence-corrected chi connectivity index (χ3v) is 2.51. The Labute approximate surface area is 78.5 Å². The van der Waals surface area contributed by atoms with Gasteiger partial charge in [-0.15, -0.1) is 0 Å². The number of rotatable bonds is 0. The zero-order chi connectivity index (χ0) is 10.5. The van der Waals surface area contributed by atoms with E-state index in [0.29, 0.717) is 0 Å². The summed E-state index contributed by atoms with van der Waals surface area (Å²) in [4.78, 5) is 10.8. The van der Waals surface area contributed by atoms with Crippen LogP contribution in [0.3, 0.4) is 0 Å². The summed E-state index contributed by atoms with van der Waals surface area (Å²) >= 11 is 0. The third-order valence-electron chi connectivity index (χ3n) is 2.51. The van der Waals surface area contributed by atoms with Crippen LogP contribution < -0.4 is 0 Å². The maximum atomic E-state index is 10.8. The molecule has 2 fully saturated rings. The molecule has 6 atom stereocenters. The molecule has 0 aromatic rings. The number of ether oxygens (including phenoxy) is 2. The third kappa shape index (κ3) is 1.17. The summed E-state index contributed by atoms with van der Waals surface area (Å²) in [5.41, 5.74) is 0. The van der Waals surface area contributed by atoms with Gasteiger partial charge in [-0.1, -0.05) is 0 Å². The van der Waals surface area contributed by atoms with Crippen LogP contribution >= 0.6 is 0 Å². The molecule has 1 aliphatic heterocycles. The smallest absolute Gasteiger partial charge is 0.425 e. The standard InChI is InChI=1S/C7H10O7/c8-1-2(9)5-4(11)6(3(1)10)14-7(12)13-5/h1-6,8-11H/t1?,2-,3+,4?,5+,6-. The Morgan fingerprint density at radius 1 is 0.786 bits per heavy atom. The molecule has 7 nitrogen and oxygen atoms in total. The molecule has 2 bridgehead atoms. The van der Waals surface area contributed by atoms with Gasteiger partial charge in [0.05, 0.1) is 0 Å². The summed E-state index contributed by atoms with van der Waals surface area (Å²) in [7, 11) is 0. The first kappa shape index (κ1) is 9.66. The second kappa shape index (κ2) is 3.06. The van der Waals surface area contributed by atoms with E-state index in [-0.39, 0.29) is 0 Å². The van der Waals surface area contributed by atoms with Crippen LogP contribution in [-0.2, 0) is 9.47 Å². The molecule has 0 spiro atoms. The number of hydrogen-bond acceptors (Lipinski definition) is 7. The first-order valence-electron chi connectivity index (χ1n) is 4.12. The lowest BCUT2D eigenvalue weighted by Gasteiger charge is -2.45. The van der Waals surface area contributed by atoms with E-state index in [2.05, 4.69) is 9.47 Å². The number of carbonyl (C=O) groups excluding carboxylic acids is 1. The summed E-state index contributed by atoms with van der Waals surface area (Å²) in [5.74, 6) is 0. The highest BCUT2D eigenvalue weighted by atomic mass is 16.8. The fourth-order valence-electron chi connectivity index (χ4n) is 1.71. The molecule has 2 rings (SSSR count). The second-order valence-corrected chi connectivity index (χ2v) is 3.38. The lowest BCUT2D eigenvalue weighted by molar-refractivity contribution is -0.258. The predicted molar refractivity (Wildman–Crippen MR) is 39.2 cm³/mol. The van der Waals surface area contributed by atoms with Crippen molar-refractivity contribution in [2.45, 2.75) is 36.6 Å². The lowest BCUT2D eigenvalue weighted by atomic mass is 9.84. The van der Waals surface area contributed by atoms with Crippen LogP contribution in [-0.4, -0.2) is 63.2 Å². The van der Waals surface area contributed by atoms with Crippen LogP contribution in [0.25, 0.3) is 0 Å². The molecule has 0 amide bonds. The Bertz CT molecular complexity index is 224. The molecule has 1 heterocycles. The van der Waals surface area contributed by atoms with Gasteiger partial charge in [0.25, 0.3) is 0 Å². The molecule has 1 aliphatic carbocycles. The van der Waals surface area contributed by atoms with Crippen molar-refractivity contribution < 1.29 is 34.7 Å². The Kier molecular flexibility index (Phi) is 2.11. The Hall–Kier alpha value is -0.890. The van der Waals surface area contributed by atoms with E-state index in [1.54, 1.807) is 0 Å². The van der Waals surface area contributed by atoms with Gasteiger partial charge in [0.2, 0.25) is 0 Å². The highest BCUT2D eigenvalue weighted by Crippen LogP contribution is 2.30. The van der Waals surface area contributed by atoms with Gasteiger partial charge in [0.15, 0.2) is 12.2 Å². The second-order valence-electron chi connectivity index (χ2n) is 3.38. The Balaban J connectivity index is 2.27. The molecule has 0 radical (unpaired) electrons. The fraction of sp³-hybridized carbons (Fsp3) is 0.857. The molecule has 2 aliphatic rings. The molecule has 1 saturated carbocycles. The van der Waals surface area contributed by atoms with Crippen molar-refractivity contribution in [3.05, 3.63) is 0 Å². The van der Waals surface area contributed by atoms with Gasteiger partial charge >= 0.3 is 6.16 Å². The molecule has 0 aromatic carbocycles. The van der Waals surface area contributed by atoms with Gasteiger partial charge in [0, 0.05) is 0 Å². The summed E-state index contributed by atoms with van der Waals surface area (Å²) in [6.07, 6.45) is -9.43. The van der Waals surface area contributed by atoms with Crippen molar-refractivity contribution in [1.29, 1.82) is 0 Å². The Morgan fingerprint density at radius 3 is 1.64 bits per heavy atom. The van der Waals surface area contributed by atoms with Crippen LogP contribution in [0, 0.1) is 0 Å². The molecule has 4 N–H and O–H groups in total. The number of aliphatic hydroxyl groups is 4.